The average Bonchev–Trinajstić information content (AvgIpc) is 2.76. The molecule has 5 nitrogen and oxygen atoms in total. The average molecular weight is 241 g/mol. The number of piperidine rings is 1. The van der Waals surface area contributed by atoms with Gasteiger partial charge in [-0.2, -0.15) is 0 Å². The van der Waals surface area contributed by atoms with E-state index in [9.17, 15) is 4.79 Å². The van der Waals surface area contributed by atoms with Gasteiger partial charge in [-0.05, 0) is 38.9 Å². The molecule has 0 amide bonds. The van der Waals surface area contributed by atoms with Gasteiger partial charge in [0.2, 0.25) is 0 Å². The fraction of sp³-hybridized carbons (Fsp3) is 0.917. The van der Waals surface area contributed by atoms with Crippen LogP contribution in [0.3, 0.4) is 0 Å². The molecule has 2 aliphatic heterocycles. The van der Waals surface area contributed by atoms with Gasteiger partial charge in [-0.1, -0.05) is 0 Å². The number of aliphatic carboxylic acids is 1. The fourth-order valence-corrected chi connectivity index (χ4v) is 2.85. The van der Waals surface area contributed by atoms with Crippen molar-refractivity contribution in [2.24, 2.45) is 5.73 Å². The third-order valence-electron chi connectivity index (χ3n) is 3.98. The highest BCUT2D eigenvalue weighted by atomic mass is 16.4. The first-order valence-corrected chi connectivity index (χ1v) is 6.59. The monoisotopic (exact) mass is 241 g/mol. The van der Waals surface area contributed by atoms with Crippen LogP contribution in [0.15, 0.2) is 0 Å². The zero-order valence-corrected chi connectivity index (χ0v) is 10.3. The van der Waals surface area contributed by atoms with E-state index in [0.717, 1.165) is 39.0 Å². The molecule has 2 fully saturated rings. The number of carboxylic acid groups (broad SMARTS) is 1. The molecule has 0 radical (unpaired) electrons. The van der Waals surface area contributed by atoms with E-state index in [1.807, 2.05) is 0 Å². The molecule has 0 aromatic rings. The van der Waals surface area contributed by atoms with E-state index in [1.165, 1.54) is 6.42 Å². The molecule has 0 aromatic heterocycles. The van der Waals surface area contributed by atoms with Gasteiger partial charge in [0.05, 0.1) is 6.42 Å². The Kier molecular flexibility index (Phi) is 4.36. The van der Waals surface area contributed by atoms with Crippen LogP contribution in [0.5, 0.6) is 0 Å². The van der Waals surface area contributed by atoms with E-state index in [0.29, 0.717) is 18.6 Å². The minimum Gasteiger partial charge on any atom is -0.481 e. The zero-order valence-electron chi connectivity index (χ0n) is 10.3. The predicted molar refractivity (Wildman–Crippen MR) is 65.9 cm³/mol. The van der Waals surface area contributed by atoms with Gasteiger partial charge in [0.15, 0.2) is 0 Å². The summed E-state index contributed by atoms with van der Waals surface area (Å²) in [5.41, 5.74) is 5.90. The minimum absolute atomic E-state index is 0.262. The largest absolute Gasteiger partial charge is 0.481 e. The summed E-state index contributed by atoms with van der Waals surface area (Å²) in [7, 11) is 0. The normalized spacial score (nSPS) is 28.6. The molecular formula is C12H23N3O2. The summed E-state index contributed by atoms with van der Waals surface area (Å²) in [5, 5.41) is 8.67. The van der Waals surface area contributed by atoms with Crippen molar-refractivity contribution >= 4 is 5.97 Å². The fourth-order valence-electron chi connectivity index (χ4n) is 2.85. The molecule has 2 saturated heterocycles. The molecule has 0 aliphatic carbocycles. The highest BCUT2D eigenvalue weighted by Gasteiger charge is 2.29. The highest BCUT2D eigenvalue weighted by Crippen LogP contribution is 2.19. The Morgan fingerprint density at radius 1 is 1.24 bits per heavy atom. The SMILES string of the molecule is NC1CCN(C2CCN(CCC(=O)O)C2)CC1. The summed E-state index contributed by atoms with van der Waals surface area (Å²) in [4.78, 5) is 15.3. The van der Waals surface area contributed by atoms with Crippen molar-refractivity contribution in [3.05, 3.63) is 0 Å². The Bertz CT molecular complexity index is 264. The van der Waals surface area contributed by atoms with Crippen LogP contribution in [-0.4, -0.2) is 65.7 Å². The Balaban J connectivity index is 1.72. The topological polar surface area (TPSA) is 69.8 Å². The zero-order chi connectivity index (χ0) is 12.3. The summed E-state index contributed by atoms with van der Waals surface area (Å²) in [6.07, 6.45) is 3.64. The van der Waals surface area contributed by atoms with E-state index in [2.05, 4.69) is 9.80 Å². The van der Waals surface area contributed by atoms with E-state index in [4.69, 9.17) is 10.8 Å². The lowest BCUT2D eigenvalue weighted by molar-refractivity contribution is -0.137. The lowest BCUT2D eigenvalue weighted by atomic mass is 10.0. The number of rotatable bonds is 4. The van der Waals surface area contributed by atoms with Crippen LogP contribution in [-0.2, 0) is 4.79 Å². The summed E-state index contributed by atoms with van der Waals surface area (Å²) in [5.74, 6) is -0.697. The molecule has 1 unspecified atom stereocenters. The maximum absolute atomic E-state index is 10.5. The third-order valence-corrected chi connectivity index (χ3v) is 3.98. The van der Waals surface area contributed by atoms with Crippen LogP contribution in [0.2, 0.25) is 0 Å². The standard InChI is InChI=1S/C12H23N3O2/c13-10-1-7-15(8-2-10)11-3-5-14(9-11)6-4-12(16)17/h10-11H,1-9,13H2,(H,16,17). The number of hydrogen-bond donors (Lipinski definition) is 2. The van der Waals surface area contributed by atoms with Crippen molar-refractivity contribution in [2.75, 3.05) is 32.7 Å². The number of carbonyl (C=O) groups is 1. The quantitative estimate of drug-likeness (QED) is 0.722. The van der Waals surface area contributed by atoms with E-state index in [-0.39, 0.29) is 6.42 Å². The maximum atomic E-state index is 10.5. The molecule has 98 valence electrons. The number of carboxylic acids is 1. The molecule has 2 rings (SSSR count). The van der Waals surface area contributed by atoms with E-state index < -0.39 is 5.97 Å². The molecule has 2 heterocycles. The van der Waals surface area contributed by atoms with E-state index in [1.54, 1.807) is 0 Å². The molecule has 2 aliphatic rings. The molecule has 0 bridgehead atoms. The van der Waals surface area contributed by atoms with Crippen LogP contribution in [0.4, 0.5) is 0 Å². The van der Waals surface area contributed by atoms with Gasteiger partial charge in [-0.3, -0.25) is 9.69 Å². The van der Waals surface area contributed by atoms with Gasteiger partial charge in [-0.25, -0.2) is 0 Å². The number of hydrogen-bond acceptors (Lipinski definition) is 4. The number of likely N-dealkylation sites (tertiary alicyclic amines) is 2. The van der Waals surface area contributed by atoms with E-state index >= 15 is 0 Å². The van der Waals surface area contributed by atoms with Gasteiger partial charge in [0, 0.05) is 25.2 Å². The number of nitrogens with two attached hydrogens (primary N) is 1. The molecule has 0 spiro atoms. The maximum Gasteiger partial charge on any atom is 0.304 e. The lowest BCUT2D eigenvalue weighted by Gasteiger charge is -2.34. The van der Waals surface area contributed by atoms with Crippen LogP contribution in [0.25, 0.3) is 0 Å². The van der Waals surface area contributed by atoms with Crippen LogP contribution < -0.4 is 5.73 Å². The summed E-state index contributed by atoms with van der Waals surface area (Å²) in [6, 6.07) is 1.01. The second-order valence-electron chi connectivity index (χ2n) is 5.26. The summed E-state index contributed by atoms with van der Waals surface area (Å²) < 4.78 is 0. The van der Waals surface area contributed by atoms with Crippen molar-refractivity contribution in [3.8, 4) is 0 Å². The Labute approximate surface area is 103 Å². The second-order valence-corrected chi connectivity index (χ2v) is 5.26. The smallest absolute Gasteiger partial charge is 0.304 e. The van der Waals surface area contributed by atoms with Gasteiger partial charge >= 0.3 is 5.97 Å². The Morgan fingerprint density at radius 3 is 2.59 bits per heavy atom. The first kappa shape index (κ1) is 12.8. The van der Waals surface area contributed by atoms with Crippen LogP contribution in [0, 0.1) is 0 Å². The van der Waals surface area contributed by atoms with Gasteiger partial charge in [-0.15, -0.1) is 0 Å². The molecule has 3 N–H and O–H groups in total. The number of nitrogens with zero attached hydrogens (tertiary/aromatic N) is 2. The molecule has 0 aromatic carbocycles. The third kappa shape index (κ3) is 3.66. The van der Waals surface area contributed by atoms with Crippen molar-refractivity contribution in [1.82, 2.24) is 9.80 Å². The lowest BCUT2D eigenvalue weighted by Crippen LogP contribution is -2.46. The van der Waals surface area contributed by atoms with Crippen LogP contribution in [0.1, 0.15) is 25.7 Å². The molecular weight excluding hydrogens is 218 g/mol. The van der Waals surface area contributed by atoms with Crippen LogP contribution >= 0.6 is 0 Å². The summed E-state index contributed by atoms with van der Waals surface area (Å²) >= 11 is 0. The van der Waals surface area contributed by atoms with Gasteiger partial charge < -0.3 is 15.7 Å². The van der Waals surface area contributed by atoms with Crippen molar-refractivity contribution < 1.29 is 9.90 Å². The van der Waals surface area contributed by atoms with Crippen molar-refractivity contribution in [3.63, 3.8) is 0 Å². The molecule has 0 saturated carbocycles. The molecule has 1 atom stereocenters. The van der Waals surface area contributed by atoms with Crippen molar-refractivity contribution in [1.29, 1.82) is 0 Å². The summed E-state index contributed by atoms with van der Waals surface area (Å²) in [6.45, 7) is 4.99. The minimum atomic E-state index is -0.697. The first-order valence-electron chi connectivity index (χ1n) is 6.59. The second kappa shape index (κ2) is 5.80. The first-order chi connectivity index (χ1) is 8.15. The molecule has 5 heteroatoms. The Hall–Kier alpha value is -0.650. The van der Waals surface area contributed by atoms with Crippen molar-refractivity contribution in [2.45, 2.75) is 37.8 Å². The highest BCUT2D eigenvalue weighted by molar-refractivity contribution is 5.66. The molecule has 17 heavy (non-hydrogen) atoms. The Morgan fingerprint density at radius 2 is 1.94 bits per heavy atom. The predicted octanol–water partition coefficient (Wildman–Crippen LogP) is -0.0415. The van der Waals surface area contributed by atoms with Gasteiger partial charge in [0.25, 0.3) is 0 Å². The van der Waals surface area contributed by atoms with Gasteiger partial charge in [0.1, 0.15) is 0 Å².